The Hall–Kier alpha value is -1.34. The lowest BCUT2D eigenvalue weighted by Crippen LogP contribution is -2.50. The number of hydrogen-bond acceptors (Lipinski definition) is 4. The molecule has 0 aromatic heterocycles. The predicted molar refractivity (Wildman–Crippen MR) is 110 cm³/mol. The average molecular weight is 405 g/mol. The fourth-order valence-corrected chi connectivity index (χ4v) is 2.85. The first kappa shape index (κ1) is 25.7. The molecule has 0 radical (unpaired) electrons. The number of piperazine rings is 1. The van der Waals surface area contributed by atoms with Crippen LogP contribution in [0.15, 0.2) is 0 Å². The van der Waals surface area contributed by atoms with Crippen molar-refractivity contribution in [2.45, 2.75) is 65.3 Å². The van der Waals surface area contributed by atoms with Crippen LogP contribution in [-0.4, -0.2) is 65.8 Å². The molecule has 1 fully saturated rings. The zero-order valence-electron chi connectivity index (χ0n) is 17.3. The number of carbonyl (C=O) groups is 3. The van der Waals surface area contributed by atoms with E-state index in [1.165, 1.54) is 0 Å². The van der Waals surface area contributed by atoms with E-state index in [1.807, 2.05) is 23.6 Å². The number of nitrogens with one attached hydrogen (secondary N) is 1. The largest absolute Gasteiger partial charge is 0.355 e. The number of rotatable bonds is 9. The molecule has 0 atom stereocenters. The first-order valence-corrected chi connectivity index (χ1v) is 9.74. The second-order valence-corrected chi connectivity index (χ2v) is 8.15. The maximum Gasteiger partial charge on any atom is 0.239 e. The van der Waals surface area contributed by atoms with Gasteiger partial charge in [0, 0.05) is 45.6 Å². The Bertz CT molecular complexity index is 484. The summed E-state index contributed by atoms with van der Waals surface area (Å²) in [6, 6.07) is 0. The fraction of sp³-hybridized carbons (Fsp3) is 0.842. The number of nitrogens with zero attached hydrogens (tertiary/aromatic N) is 2. The second kappa shape index (κ2) is 12.2. The molecule has 0 bridgehead atoms. The number of nitrogens with two attached hydrogens (primary N) is 1. The summed E-state index contributed by atoms with van der Waals surface area (Å²) in [6.45, 7) is 10.6. The fourth-order valence-electron chi connectivity index (χ4n) is 2.85. The summed E-state index contributed by atoms with van der Waals surface area (Å²) in [5.74, 6) is 0.559. The third-order valence-corrected chi connectivity index (χ3v) is 4.51. The van der Waals surface area contributed by atoms with E-state index in [-0.39, 0.29) is 30.1 Å². The van der Waals surface area contributed by atoms with Gasteiger partial charge in [-0.25, -0.2) is 0 Å². The van der Waals surface area contributed by atoms with Crippen molar-refractivity contribution >= 4 is 30.1 Å². The van der Waals surface area contributed by atoms with Crippen LogP contribution in [-0.2, 0) is 14.4 Å². The van der Waals surface area contributed by atoms with Gasteiger partial charge in [-0.15, -0.1) is 12.4 Å². The summed E-state index contributed by atoms with van der Waals surface area (Å²) < 4.78 is 0. The van der Waals surface area contributed by atoms with Gasteiger partial charge >= 0.3 is 0 Å². The topological polar surface area (TPSA) is 95.7 Å². The molecule has 1 heterocycles. The van der Waals surface area contributed by atoms with E-state index >= 15 is 0 Å². The minimum atomic E-state index is -0.853. The van der Waals surface area contributed by atoms with Crippen molar-refractivity contribution in [3.63, 3.8) is 0 Å². The maximum absolute atomic E-state index is 12.3. The molecule has 0 aliphatic carbocycles. The molecule has 0 spiro atoms. The van der Waals surface area contributed by atoms with E-state index in [1.54, 1.807) is 13.8 Å². The van der Waals surface area contributed by atoms with E-state index in [2.05, 4.69) is 5.32 Å². The van der Waals surface area contributed by atoms with E-state index in [0.29, 0.717) is 51.5 Å². The van der Waals surface area contributed by atoms with Crippen LogP contribution in [0.2, 0.25) is 0 Å². The van der Waals surface area contributed by atoms with E-state index in [9.17, 15) is 14.4 Å². The molecule has 3 N–H and O–H groups in total. The van der Waals surface area contributed by atoms with Crippen LogP contribution in [0, 0.1) is 5.92 Å². The van der Waals surface area contributed by atoms with Crippen LogP contribution in [0.5, 0.6) is 0 Å². The van der Waals surface area contributed by atoms with Crippen molar-refractivity contribution in [1.29, 1.82) is 0 Å². The zero-order valence-corrected chi connectivity index (χ0v) is 18.1. The van der Waals surface area contributed by atoms with Crippen LogP contribution in [0.1, 0.15) is 59.8 Å². The van der Waals surface area contributed by atoms with E-state index in [0.717, 1.165) is 19.3 Å². The van der Waals surface area contributed by atoms with Gasteiger partial charge in [0.25, 0.3) is 0 Å². The molecule has 3 amide bonds. The third-order valence-electron chi connectivity index (χ3n) is 4.51. The van der Waals surface area contributed by atoms with Crippen LogP contribution in [0.3, 0.4) is 0 Å². The molecule has 1 saturated heterocycles. The smallest absolute Gasteiger partial charge is 0.239 e. The minimum absolute atomic E-state index is 0. The number of halogens is 1. The lowest BCUT2D eigenvalue weighted by molar-refractivity contribution is -0.140. The number of unbranched alkanes of at least 4 members (excludes halogenated alkanes) is 2. The molecule has 0 unspecified atom stereocenters. The van der Waals surface area contributed by atoms with E-state index in [4.69, 9.17) is 5.73 Å². The van der Waals surface area contributed by atoms with Gasteiger partial charge in [0.2, 0.25) is 17.7 Å². The molecular formula is C19H37ClN4O3. The molecule has 27 heavy (non-hydrogen) atoms. The highest BCUT2D eigenvalue weighted by Crippen LogP contribution is 2.10. The Labute approximate surface area is 169 Å². The summed E-state index contributed by atoms with van der Waals surface area (Å²) in [4.78, 5) is 39.7. The van der Waals surface area contributed by atoms with Crippen molar-refractivity contribution < 1.29 is 14.4 Å². The Balaban J connectivity index is 0.00000676. The first-order chi connectivity index (χ1) is 12.1. The molecule has 0 aromatic rings. The molecule has 7 nitrogen and oxygen atoms in total. The molecular weight excluding hydrogens is 368 g/mol. The summed E-state index contributed by atoms with van der Waals surface area (Å²) in [5.41, 5.74) is 4.85. The van der Waals surface area contributed by atoms with Crippen molar-refractivity contribution in [2.24, 2.45) is 11.7 Å². The molecule has 0 aromatic carbocycles. The summed E-state index contributed by atoms with van der Waals surface area (Å²) in [5, 5.41) is 2.81. The van der Waals surface area contributed by atoms with Crippen molar-refractivity contribution in [3.8, 4) is 0 Å². The first-order valence-electron chi connectivity index (χ1n) is 9.74. The van der Waals surface area contributed by atoms with Gasteiger partial charge in [-0.05, 0) is 32.6 Å². The maximum atomic E-state index is 12.3. The molecule has 1 aliphatic rings. The van der Waals surface area contributed by atoms with Crippen LogP contribution in [0.25, 0.3) is 0 Å². The average Bonchev–Trinajstić information content (AvgIpc) is 2.56. The van der Waals surface area contributed by atoms with Gasteiger partial charge < -0.3 is 20.9 Å². The zero-order chi connectivity index (χ0) is 19.7. The second-order valence-electron chi connectivity index (χ2n) is 8.15. The molecule has 158 valence electrons. The van der Waals surface area contributed by atoms with Crippen molar-refractivity contribution in [1.82, 2.24) is 15.1 Å². The Kier molecular flexibility index (Phi) is 11.6. The molecule has 1 aliphatic heterocycles. The predicted octanol–water partition coefficient (Wildman–Crippen LogP) is 1.54. The van der Waals surface area contributed by atoms with E-state index < -0.39 is 5.54 Å². The van der Waals surface area contributed by atoms with Gasteiger partial charge in [-0.3, -0.25) is 14.4 Å². The minimum Gasteiger partial charge on any atom is -0.355 e. The van der Waals surface area contributed by atoms with Crippen molar-refractivity contribution in [2.75, 3.05) is 32.7 Å². The highest BCUT2D eigenvalue weighted by molar-refractivity contribution is 5.85. The Morgan fingerprint density at radius 1 is 0.963 bits per heavy atom. The lowest BCUT2D eigenvalue weighted by Gasteiger charge is -2.35. The van der Waals surface area contributed by atoms with Gasteiger partial charge in [0.05, 0.1) is 5.54 Å². The van der Waals surface area contributed by atoms with Gasteiger partial charge in [-0.1, -0.05) is 20.3 Å². The monoisotopic (exact) mass is 404 g/mol. The van der Waals surface area contributed by atoms with Gasteiger partial charge in [0.15, 0.2) is 0 Å². The van der Waals surface area contributed by atoms with Gasteiger partial charge in [0.1, 0.15) is 0 Å². The quantitative estimate of drug-likeness (QED) is 0.570. The third kappa shape index (κ3) is 9.96. The summed E-state index contributed by atoms with van der Waals surface area (Å²) in [7, 11) is 0. The Morgan fingerprint density at radius 2 is 1.48 bits per heavy atom. The molecule has 0 saturated carbocycles. The molecule has 1 rings (SSSR count). The van der Waals surface area contributed by atoms with Gasteiger partial charge in [-0.2, -0.15) is 0 Å². The highest BCUT2D eigenvalue weighted by atomic mass is 35.5. The summed E-state index contributed by atoms with van der Waals surface area (Å²) >= 11 is 0. The number of hydrogen-bond donors (Lipinski definition) is 2. The normalized spacial score (nSPS) is 14.7. The SMILES string of the molecule is CC(C)CC(=O)N1CCN(C(=O)CCCCCNC(=O)C(C)(C)N)CC1.Cl. The summed E-state index contributed by atoms with van der Waals surface area (Å²) in [6.07, 6.45) is 3.64. The van der Waals surface area contributed by atoms with Crippen LogP contribution in [0.4, 0.5) is 0 Å². The highest BCUT2D eigenvalue weighted by Gasteiger charge is 2.24. The van der Waals surface area contributed by atoms with Crippen LogP contribution >= 0.6 is 12.4 Å². The Morgan fingerprint density at radius 3 is 1.96 bits per heavy atom. The van der Waals surface area contributed by atoms with Crippen LogP contribution < -0.4 is 11.1 Å². The van der Waals surface area contributed by atoms with Crippen molar-refractivity contribution in [3.05, 3.63) is 0 Å². The lowest BCUT2D eigenvalue weighted by atomic mass is 10.1. The standard InChI is InChI=1S/C19H36N4O3.ClH/c1-15(2)14-17(25)23-12-10-22(11-13-23)16(24)8-6-5-7-9-21-18(26)19(3,4)20;/h15H,5-14,20H2,1-4H3,(H,21,26);1H. The number of carbonyl (C=O) groups excluding carboxylic acids is 3. The molecule has 8 heteroatoms. The number of amides is 3.